The molecule has 0 fully saturated rings. The van der Waals surface area contributed by atoms with Gasteiger partial charge in [0, 0.05) is 23.3 Å². The van der Waals surface area contributed by atoms with Crippen LogP contribution >= 0.6 is 0 Å². The van der Waals surface area contributed by atoms with E-state index in [0.717, 1.165) is 12.1 Å². The Morgan fingerprint density at radius 2 is 1.62 bits per heavy atom. The highest BCUT2D eigenvalue weighted by atomic mass is 19.1. The minimum absolute atomic E-state index is 0.136. The summed E-state index contributed by atoms with van der Waals surface area (Å²) in [6.45, 7) is 0. The van der Waals surface area contributed by atoms with Crippen LogP contribution in [0.2, 0.25) is 0 Å². The number of nitro benzene ring substituents is 1. The van der Waals surface area contributed by atoms with Crippen LogP contribution in [-0.2, 0) is 11.2 Å². The van der Waals surface area contributed by atoms with Crippen LogP contribution in [0.3, 0.4) is 0 Å². The number of nitrogens with one attached hydrogen (secondary N) is 1. The molecule has 1 aromatic heterocycles. The second-order valence-electron chi connectivity index (χ2n) is 7.20. The SMILES string of the molecule is NC(=O)[C@H](Cc1ccc(F)c([N+](=O)[O-])c1)NC(=O)c1c2ccccc2nc2ccccc12. The molecule has 2 amide bonds. The van der Waals surface area contributed by atoms with E-state index in [1.807, 2.05) is 0 Å². The fraction of sp³-hybridized carbons (Fsp3) is 0.0870. The lowest BCUT2D eigenvalue weighted by molar-refractivity contribution is -0.387. The maximum Gasteiger partial charge on any atom is 0.305 e. The normalized spacial score (nSPS) is 11.9. The van der Waals surface area contributed by atoms with Crippen molar-refractivity contribution in [3.63, 3.8) is 0 Å². The number of nitrogens with zero attached hydrogens (tertiary/aromatic N) is 2. The van der Waals surface area contributed by atoms with E-state index in [1.165, 1.54) is 6.07 Å². The molecule has 3 aromatic carbocycles. The Morgan fingerprint density at radius 1 is 1.03 bits per heavy atom. The third-order valence-corrected chi connectivity index (χ3v) is 5.11. The zero-order valence-electron chi connectivity index (χ0n) is 16.6. The third-order valence-electron chi connectivity index (χ3n) is 5.11. The number of halogens is 1. The molecule has 0 bridgehead atoms. The molecule has 160 valence electrons. The van der Waals surface area contributed by atoms with Gasteiger partial charge in [0.15, 0.2) is 0 Å². The van der Waals surface area contributed by atoms with Crippen molar-refractivity contribution in [2.75, 3.05) is 0 Å². The summed E-state index contributed by atoms with van der Waals surface area (Å²) >= 11 is 0. The van der Waals surface area contributed by atoms with Crippen molar-refractivity contribution in [2.45, 2.75) is 12.5 Å². The predicted molar refractivity (Wildman–Crippen MR) is 116 cm³/mol. The summed E-state index contributed by atoms with van der Waals surface area (Å²) in [7, 11) is 0. The Morgan fingerprint density at radius 3 is 2.19 bits per heavy atom. The monoisotopic (exact) mass is 432 g/mol. The standard InChI is InChI=1S/C23H17FN4O4/c24-16-10-9-13(12-20(16)28(31)32)11-19(22(25)29)27-23(30)21-14-5-1-3-7-17(14)26-18-8-4-2-6-15(18)21/h1-10,12,19H,11H2,(H2,25,29)(H,27,30)/t19-/m0/s1. The molecule has 4 rings (SSSR count). The summed E-state index contributed by atoms with van der Waals surface area (Å²) in [5.41, 5.74) is 6.61. The van der Waals surface area contributed by atoms with Gasteiger partial charge in [-0.2, -0.15) is 4.39 Å². The Bertz CT molecular complexity index is 1340. The first-order valence-electron chi connectivity index (χ1n) is 9.65. The second-order valence-corrected chi connectivity index (χ2v) is 7.20. The lowest BCUT2D eigenvalue weighted by Gasteiger charge is -2.17. The molecular formula is C23H17FN4O4. The van der Waals surface area contributed by atoms with E-state index in [9.17, 15) is 24.1 Å². The lowest BCUT2D eigenvalue weighted by atomic mass is 10.00. The van der Waals surface area contributed by atoms with Crippen molar-refractivity contribution in [1.82, 2.24) is 10.3 Å². The number of pyridine rings is 1. The molecule has 32 heavy (non-hydrogen) atoms. The van der Waals surface area contributed by atoms with E-state index in [0.29, 0.717) is 27.4 Å². The van der Waals surface area contributed by atoms with Gasteiger partial charge in [0.05, 0.1) is 21.5 Å². The molecule has 0 saturated carbocycles. The van der Waals surface area contributed by atoms with Gasteiger partial charge >= 0.3 is 5.69 Å². The zero-order valence-corrected chi connectivity index (χ0v) is 16.6. The van der Waals surface area contributed by atoms with Crippen molar-refractivity contribution in [3.8, 4) is 0 Å². The maximum absolute atomic E-state index is 13.6. The third kappa shape index (κ3) is 3.95. The number of carbonyl (C=O) groups excluding carboxylic acids is 2. The quantitative estimate of drug-likeness (QED) is 0.275. The molecule has 9 heteroatoms. The van der Waals surface area contributed by atoms with Crippen molar-refractivity contribution in [3.05, 3.63) is 93.8 Å². The largest absolute Gasteiger partial charge is 0.368 e. The molecule has 0 aliphatic heterocycles. The van der Waals surface area contributed by atoms with Gasteiger partial charge in [-0.25, -0.2) is 4.98 Å². The number of para-hydroxylation sites is 2. The minimum Gasteiger partial charge on any atom is -0.368 e. The summed E-state index contributed by atoms with van der Waals surface area (Å²) in [5, 5.41) is 14.8. The van der Waals surface area contributed by atoms with Crippen LogP contribution in [-0.4, -0.2) is 27.8 Å². The molecule has 4 aromatic rings. The molecule has 1 atom stereocenters. The van der Waals surface area contributed by atoms with E-state index in [1.54, 1.807) is 48.5 Å². The van der Waals surface area contributed by atoms with Crippen LogP contribution in [0.25, 0.3) is 21.8 Å². The van der Waals surface area contributed by atoms with Gasteiger partial charge in [0.2, 0.25) is 11.7 Å². The van der Waals surface area contributed by atoms with E-state index in [4.69, 9.17) is 5.73 Å². The number of benzene rings is 3. The van der Waals surface area contributed by atoms with Gasteiger partial charge in [-0.1, -0.05) is 42.5 Å². The fourth-order valence-corrected chi connectivity index (χ4v) is 3.60. The molecule has 0 aliphatic carbocycles. The number of hydrogen-bond donors (Lipinski definition) is 2. The summed E-state index contributed by atoms with van der Waals surface area (Å²) in [6, 6.07) is 16.3. The number of hydrogen-bond acceptors (Lipinski definition) is 5. The molecule has 0 spiro atoms. The van der Waals surface area contributed by atoms with Crippen molar-refractivity contribution < 1.29 is 18.9 Å². The Labute approximate surface area is 181 Å². The van der Waals surface area contributed by atoms with Gasteiger partial charge in [0.25, 0.3) is 5.91 Å². The van der Waals surface area contributed by atoms with E-state index < -0.39 is 34.3 Å². The van der Waals surface area contributed by atoms with E-state index in [2.05, 4.69) is 10.3 Å². The highest BCUT2D eigenvalue weighted by molar-refractivity contribution is 6.16. The predicted octanol–water partition coefficient (Wildman–Crippen LogP) is 3.26. The van der Waals surface area contributed by atoms with E-state index in [-0.39, 0.29) is 12.0 Å². The number of nitrogens with two attached hydrogens (primary N) is 1. The maximum atomic E-state index is 13.6. The molecular weight excluding hydrogens is 415 g/mol. The van der Waals surface area contributed by atoms with Crippen molar-refractivity contribution >= 4 is 39.3 Å². The van der Waals surface area contributed by atoms with Gasteiger partial charge in [-0.3, -0.25) is 19.7 Å². The van der Waals surface area contributed by atoms with Crippen LogP contribution in [0.5, 0.6) is 0 Å². The topological polar surface area (TPSA) is 128 Å². The number of primary amides is 1. The first-order valence-corrected chi connectivity index (χ1v) is 9.65. The molecule has 3 N–H and O–H groups in total. The smallest absolute Gasteiger partial charge is 0.305 e. The summed E-state index contributed by atoms with van der Waals surface area (Å²) < 4.78 is 13.6. The molecule has 1 heterocycles. The van der Waals surface area contributed by atoms with Crippen LogP contribution in [0.4, 0.5) is 10.1 Å². The van der Waals surface area contributed by atoms with Crippen molar-refractivity contribution in [2.24, 2.45) is 5.73 Å². The lowest BCUT2D eigenvalue weighted by Crippen LogP contribution is -2.46. The van der Waals surface area contributed by atoms with Crippen LogP contribution < -0.4 is 11.1 Å². The Balaban J connectivity index is 1.71. The average Bonchev–Trinajstić information content (AvgIpc) is 2.77. The van der Waals surface area contributed by atoms with E-state index >= 15 is 0 Å². The number of rotatable bonds is 6. The number of carbonyl (C=O) groups is 2. The molecule has 0 radical (unpaired) electrons. The van der Waals surface area contributed by atoms with Gasteiger partial charge in [-0.05, 0) is 23.8 Å². The molecule has 0 unspecified atom stereocenters. The molecule has 8 nitrogen and oxygen atoms in total. The molecule has 0 aliphatic rings. The van der Waals surface area contributed by atoms with Crippen molar-refractivity contribution in [1.29, 1.82) is 0 Å². The van der Waals surface area contributed by atoms with Crippen LogP contribution in [0.15, 0.2) is 66.7 Å². The van der Waals surface area contributed by atoms with Gasteiger partial charge in [-0.15, -0.1) is 0 Å². The highest BCUT2D eigenvalue weighted by Crippen LogP contribution is 2.26. The first-order chi connectivity index (χ1) is 15.3. The molecule has 0 saturated heterocycles. The number of amides is 2. The fourth-order valence-electron chi connectivity index (χ4n) is 3.60. The summed E-state index contributed by atoms with van der Waals surface area (Å²) in [6.07, 6.45) is -0.136. The number of aromatic nitrogens is 1. The van der Waals surface area contributed by atoms with Gasteiger partial charge in [0.1, 0.15) is 6.04 Å². The van der Waals surface area contributed by atoms with Crippen LogP contribution in [0, 0.1) is 15.9 Å². The van der Waals surface area contributed by atoms with Crippen LogP contribution in [0.1, 0.15) is 15.9 Å². The summed E-state index contributed by atoms with van der Waals surface area (Å²) in [5.74, 6) is -2.36. The minimum atomic E-state index is -1.17. The second kappa shape index (κ2) is 8.38. The average molecular weight is 432 g/mol. The number of fused-ring (bicyclic) bond motifs is 2. The first kappa shape index (κ1) is 20.9. The Hall–Kier alpha value is -4.40. The summed E-state index contributed by atoms with van der Waals surface area (Å²) in [4.78, 5) is 40.1. The Kier molecular flexibility index (Phi) is 5.46. The zero-order chi connectivity index (χ0) is 22.8. The number of nitro groups is 1. The highest BCUT2D eigenvalue weighted by Gasteiger charge is 2.24. The van der Waals surface area contributed by atoms with Gasteiger partial charge < -0.3 is 11.1 Å².